The molecule has 1 aromatic carbocycles. The molecule has 1 aliphatic heterocycles. The minimum Gasteiger partial charge on any atom is -0.383 e. The number of anilines is 1. The average Bonchev–Trinajstić information content (AvgIpc) is 2.47. The van der Waals surface area contributed by atoms with Crippen LogP contribution in [0.4, 0.5) is 5.69 Å². The van der Waals surface area contributed by atoms with Gasteiger partial charge in [-0.1, -0.05) is 24.6 Å². The zero-order valence-corrected chi connectivity index (χ0v) is 12.5. The number of carbonyl (C=O) groups is 1. The summed E-state index contributed by atoms with van der Waals surface area (Å²) in [4.78, 5) is 14.0. The van der Waals surface area contributed by atoms with Crippen molar-refractivity contribution in [3.8, 4) is 0 Å². The maximum absolute atomic E-state index is 11.5. The van der Waals surface area contributed by atoms with Crippen LogP contribution in [0.25, 0.3) is 0 Å². The van der Waals surface area contributed by atoms with Crippen LogP contribution in [0.3, 0.4) is 0 Å². The van der Waals surface area contributed by atoms with Gasteiger partial charge in [-0.3, -0.25) is 4.79 Å². The maximum Gasteiger partial charge on any atom is 0.224 e. The first-order valence-corrected chi connectivity index (χ1v) is 7.43. The average molecular weight is 275 g/mol. The zero-order chi connectivity index (χ0) is 14.4. The minimum atomic E-state index is 0.0500. The standard InChI is InChI=1S/C16H25N3O/c1-17-16(20)11-13-7-3-4-9-15(13)18-12-14-8-5-6-10-19(14)2/h3-4,7,9,14,18H,5-6,8,10-12H2,1-2H3,(H,17,20). The van der Waals surface area contributed by atoms with Crippen molar-refractivity contribution in [2.24, 2.45) is 0 Å². The van der Waals surface area contributed by atoms with Crippen molar-refractivity contribution in [3.63, 3.8) is 0 Å². The largest absolute Gasteiger partial charge is 0.383 e. The van der Waals surface area contributed by atoms with Crippen molar-refractivity contribution in [2.45, 2.75) is 31.7 Å². The number of benzene rings is 1. The molecule has 20 heavy (non-hydrogen) atoms. The van der Waals surface area contributed by atoms with Gasteiger partial charge in [0.1, 0.15) is 0 Å². The van der Waals surface area contributed by atoms with Gasteiger partial charge >= 0.3 is 0 Å². The van der Waals surface area contributed by atoms with Crippen molar-refractivity contribution in [1.29, 1.82) is 0 Å². The Hall–Kier alpha value is -1.55. The highest BCUT2D eigenvalue weighted by atomic mass is 16.1. The van der Waals surface area contributed by atoms with Crippen molar-refractivity contribution in [1.82, 2.24) is 10.2 Å². The van der Waals surface area contributed by atoms with Crippen molar-refractivity contribution in [2.75, 3.05) is 32.5 Å². The van der Waals surface area contributed by atoms with Gasteiger partial charge < -0.3 is 15.5 Å². The van der Waals surface area contributed by atoms with Gasteiger partial charge in [-0.15, -0.1) is 0 Å². The Balaban J connectivity index is 1.96. The molecule has 1 fully saturated rings. The van der Waals surface area contributed by atoms with Crippen LogP contribution in [0.2, 0.25) is 0 Å². The van der Waals surface area contributed by atoms with Gasteiger partial charge in [-0.2, -0.15) is 0 Å². The molecule has 1 aromatic rings. The Morgan fingerprint density at radius 2 is 2.15 bits per heavy atom. The second-order valence-electron chi connectivity index (χ2n) is 5.52. The van der Waals surface area contributed by atoms with Crippen LogP contribution in [0, 0.1) is 0 Å². The quantitative estimate of drug-likeness (QED) is 0.862. The third-order valence-corrected chi connectivity index (χ3v) is 4.10. The van der Waals surface area contributed by atoms with Crippen LogP contribution < -0.4 is 10.6 Å². The van der Waals surface area contributed by atoms with Gasteiger partial charge in [0.2, 0.25) is 5.91 Å². The summed E-state index contributed by atoms with van der Waals surface area (Å²) in [6.07, 6.45) is 4.30. The molecule has 0 spiro atoms. The molecule has 4 heteroatoms. The summed E-state index contributed by atoms with van der Waals surface area (Å²) >= 11 is 0. The van der Waals surface area contributed by atoms with Gasteiger partial charge in [-0.25, -0.2) is 0 Å². The number of likely N-dealkylation sites (N-methyl/N-ethyl adjacent to an activating group) is 2. The molecule has 0 radical (unpaired) electrons. The van der Waals surface area contributed by atoms with E-state index in [0.29, 0.717) is 12.5 Å². The zero-order valence-electron chi connectivity index (χ0n) is 12.5. The third-order valence-electron chi connectivity index (χ3n) is 4.10. The van der Waals surface area contributed by atoms with Crippen molar-refractivity contribution in [3.05, 3.63) is 29.8 Å². The number of hydrogen-bond acceptors (Lipinski definition) is 3. The first-order valence-electron chi connectivity index (χ1n) is 7.43. The van der Waals surface area contributed by atoms with E-state index in [1.54, 1.807) is 7.05 Å². The van der Waals surface area contributed by atoms with Gasteiger partial charge in [0.05, 0.1) is 6.42 Å². The fourth-order valence-electron chi connectivity index (χ4n) is 2.74. The minimum absolute atomic E-state index is 0.0500. The fraction of sp³-hybridized carbons (Fsp3) is 0.562. The molecule has 1 amide bonds. The first-order chi connectivity index (χ1) is 9.70. The number of likely N-dealkylation sites (tertiary alicyclic amines) is 1. The summed E-state index contributed by atoms with van der Waals surface area (Å²) < 4.78 is 0. The molecule has 0 aromatic heterocycles. The molecule has 2 rings (SSSR count). The van der Waals surface area contributed by atoms with E-state index in [-0.39, 0.29) is 5.91 Å². The Kier molecular flexibility index (Phi) is 5.41. The van der Waals surface area contributed by atoms with Crippen LogP contribution in [-0.4, -0.2) is 44.0 Å². The van der Waals surface area contributed by atoms with E-state index in [9.17, 15) is 4.79 Å². The summed E-state index contributed by atoms with van der Waals surface area (Å²) in [5.41, 5.74) is 2.14. The lowest BCUT2D eigenvalue weighted by atomic mass is 10.0. The predicted octanol–water partition coefficient (Wildman–Crippen LogP) is 1.87. The monoisotopic (exact) mass is 275 g/mol. The van der Waals surface area contributed by atoms with E-state index in [2.05, 4.69) is 28.6 Å². The molecule has 1 atom stereocenters. The van der Waals surface area contributed by atoms with Gasteiger partial charge in [0, 0.05) is 25.3 Å². The number of piperidine rings is 1. The molecule has 0 aliphatic carbocycles. The summed E-state index contributed by atoms with van der Waals surface area (Å²) in [5.74, 6) is 0.0500. The predicted molar refractivity (Wildman–Crippen MR) is 83.0 cm³/mol. The van der Waals surface area contributed by atoms with Gasteiger partial charge in [0.15, 0.2) is 0 Å². The molecule has 4 nitrogen and oxygen atoms in total. The number of rotatable bonds is 5. The summed E-state index contributed by atoms with van der Waals surface area (Å²) in [6, 6.07) is 8.66. The molecule has 0 saturated carbocycles. The molecular formula is C16H25N3O. The molecule has 1 saturated heterocycles. The lowest BCUT2D eigenvalue weighted by Crippen LogP contribution is -2.40. The van der Waals surface area contributed by atoms with E-state index in [0.717, 1.165) is 17.8 Å². The van der Waals surface area contributed by atoms with Crippen molar-refractivity contribution < 1.29 is 4.79 Å². The number of nitrogens with zero attached hydrogens (tertiary/aromatic N) is 1. The van der Waals surface area contributed by atoms with Crippen LogP contribution in [-0.2, 0) is 11.2 Å². The Morgan fingerprint density at radius 3 is 2.90 bits per heavy atom. The SMILES string of the molecule is CNC(=O)Cc1ccccc1NCC1CCCCN1C. The van der Waals surface area contributed by atoms with Crippen LogP contribution in [0.1, 0.15) is 24.8 Å². The molecule has 110 valence electrons. The fourth-order valence-corrected chi connectivity index (χ4v) is 2.74. The van der Waals surface area contributed by atoms with Crippen LogP contribution in [0.5, 0.6) is 0 Å². The molecular weight excluding hydrogens is 250 g/mol. The van der Waals surface area contributed by atoms with Crippen LogP contribution >= 0.6 is 0 Å². The Morgan fingerprint density at radius 1 is 1.35 bits per heavy atom. The maximum atomic E-state index is 11.5. The van der Waals surface area contributed by atoms with E-state index in [1.807, 2.05) is 18.2 Å². The van der Waals surface area contributed by atoms with E-state index in [4.69, 9.17) is 0 Å². The Labute approximate surface area is 121 Å². The summed E-state index contributed by atoms with van der Waals surface area (Å²) in [6.45, 7) is 2.13. The number of nitrogens with one attached hydrogen (secondary N) is 2. The Bertz CT molecular complexity index is 447. The van der Waals surface area contributed by atoms with E-state index >= 15 is 0 Å². The molecule has 1 heterocycles. The molecule has 0 bridgehead atoms. The lowest BCUT2D eigenvalue weighted by molar-refractivity contribution is -0.119. The molecule has 2 N–H and O–H groups in total. The number of para-hydroxylation sites is 1. The second kappa shape index (κ2) is 7.29. The van der Waals surface area contributed by atoms with Crippen molar-refractivity contribution >= 4 is 11.6 Å². The number of hydrogen-bond donors (Lipinski definition) is 2. The highest BCUT2D eigenvalue weighted by Crippen LogP contribution is 2.19. The molecule has 1 aliphatic rings. The highest BCUT2D eigenvalue weighted by molar-refractivity contribution is 5.80. The summed E-state index contributed by atoms with van der Waals surface area (Å²) in [7, 11) is 3.87. The lowest BCUT2D eigenvalue weighted by Gasteiger charge is -2.33. The normalized spacial score (nSPS) is 19.6. The van der Waals surface area contributed by atoms with E-state index in [1.165, 1.54) is 25.8 Å². The molecule has 1 unspecified atom stereocenters. The number of amides is 1. The van der Waals surface area contributed by atoms with E-state index < -0.39 is 0 Å². The number of carbonyl (C=O) groups excluding carboxylic acids is 1. The smallest absolute Gasteiger partial charge is 0.224 e. The summed E-state index contributed by atoms with van der Waals surface area (Å²) in [5, 5.41) is 6.20. The second-order valence-corrected chi connectivity index (χ2v) is 5.52. The van der Waals surface area contributed by atoms with Crippen LogP contribution in [0.15, 0.2) is 24.3 Å². The first kappa shape index (κ1) is 14.9. The van der Waals surface area contributed by atoms with Gasteiger partial charge in [-0.05, 0) is 38.1 Å². The topological polar surface area (TPSA) is 44.4 Å². The third kappa shape index (κ3) is 3.97. The highest BCUT2D eigenvalue weighted by Gasteiger charge is 2.18. The van der Waals surface area contributed by atoms with Gasteiger partial charge in [0.25, 0.3) is 0 Å².